The van der Waals surface area contributed by atoms with Gasteiger partial charge in [0, 0.05) is 16.8 Å². The van der Waals surface area contributed by atoms with Crippen LogP contribution in [0.3, 0.4) is 0 Å². The van der Waals surface area contributed by atoms with Gasteiger partial charge in [0.2, 0.25) is 0 Å². The van der Waals surface area contributed by atoms with Gasteiger partial charge in [-0.15, -0.1) is 0 Å². The Balaban J connectivity index is 1.99. The zero-order valence-corrected chi connectivity index (χ0v) is 16.2. The van der Waals surface area contributed by atoms with E-state index in [1.165, 1.54) is 4.52 Å². The molecule has 140 valence electrons. The highest BCUT2D eigenvalue weighted by Gasteiger charge is 2.21. The summed E-state index contributed by atoms with van der Waals surface area (Å²) in [5.74, 6) is -0.849. The maximum atomic E-state index is 12.6. The van der Waals surface area contributed by atoms with Gasteiger partial charge < -0.3 is 10.1 Å². The number of rotatable bonds is 4. The molecule has 0 radical (unpaired) electrons. The van der Waals surface area contributed by atoms with Crippen LogP contribution in [0.1, 0.15) is 44.7 Å². The third-order valence-electron chi connectivity index (χ3n) is 4.24. The number of amides is 1. The lowest BCUT2D eigenvalue weighted by Crippen LogP contribution is -2.15. The number of benzene rings is 1. The Kier molecular flexibility index (Phi) is 5.14. The lowest BCUT2D eigenvalue weighted by atomic mass is 10.2. The van der Waals surface area contributed by atoms with Gasteiger partial charge in [0.25, 0.3) is 5.91 Å². The number of hydrogen-bond acceptors (Lipinski definition) is 5. The molecule has 1 aromatic carbocycles. The third-order valence-corrected chi connectivity index (χ3v) is 4.65. The summed E-state index contributed by atoms with van der Waals surface area (Å²) in [6, 6.07) is 6.85. The minimum Gasteiger partial charge on any atom is -0.462 e. The van der Waals surface area contributed by atoms with E-state index in [2.05, 4.69) is 15.4 Å². The van der Waals surface area contributed by atoms with Crippen molar-refractivity contribution < 1.29 is 14.3 Å². The average molecular weight is 387 g/mol. The number of hydrogen-bond donors (Lipinski definition) is 1. The van der Waals surface area contributed by atoms with Gasteiger partial charge in [-0.3, -0.25) is 4.79 Å². The number of aryl methyl sites for hydroxylation is 2. The lowest BCUT2D eigenvalue weighted by molar-refractivity contribution is 0.0523. The van der Waals surface area contributed by atoms with Crippen LogP contribution in [0.15, 0.2) is 24.3 Å². The smallest absolute Gasteiger partial charge is 0.341 e. The molecule has 0 bridgehead atoms. The number of nitrogens with zero attached hydrogens (tertiary/aromatic N) is 3. The highest BCUT2D eigenvalue weighted by Crippen LogP contribution is 2.24. The molecule has 3 aromatic rings. The minimum atomic E-state index is -0.460. The van der Waals surface area contributed by atoms with E-state index in [0.717, 1.165) is 5.56 Å². The van der Waals surface area contributed by atoms with Crippen molar-refractivity contribution in [1.29, 1.82) is 0 Å². The van der Waals surface area contributed by atoms with E-state index >= 15 is 0 Å². The average Bonchev–Trinajstić information content (AvgIpc) is 3.03. The highest BCUT2D eigenvalue weighted by molar-refractivity contribution is 6.31. The number of esters is 1. The zero-order chi connectivity index (χ0) is 19.7. The quantitative estimate of drug-likeness (QED) is 0.690. The molecule has 0 unspecified atom stereocenters. The van der Waals surface area contributed by atoms with Crippen molar-refractivity contribution in [3.63, 3.8) is 0 Å². The Bertz CT molecular complexity index is 1060. The molecule has 7 nitrogen and oxygen atoms in total. The third kappa shape index (κ3) is 3.50. The fourth-order valence-electron chi connectivity index (χ4n) is 2.83. The summed E-state index contributed by atoms with van der Waals surface area (Å²) in [7, 11) is 0. The van der Waals surface area contributed by atoms with Crippen LogP contribution in [0, 0.1) is 20.8 Å². The summed E-state index contributed by atoms with van der Waals surface area (Å²) in [4.78, 5) is 29.2. The van der Waals surface area contributed by atoms with E-state index in [9.17, 15) is 9.59 Å². The molecule has 27 heavy (non-hydrogen) atoms. The normalized spacial score (nSPS) is 10.9. The number of halogens is 1. The Labute approximate surface area is 161 Å². The van der Waals surface area contributed by atoms with Gasteiger partial charge in [0.05, 0.1) is 18.0 Å². The van der Waals surface area contributed by atoms with Crippen LogP contribution in [0.2, 0.25) is 5.02 Å². The van der Waals surface area contributed by atoms with Gasteiger partial charge in [0.1, 0.15) is 5.56 Å². The molecule has 0 spiro atoms. The van der Waals surface area contributed by atoms with Crippen molar-refractivity contribution in [1.82, 2.24) is 14.6 Å². The second-order valence-electron chi connectivity index (χ2n) is 6.04. The van der Waals surface area contributed by atoms with Gasteiger partial charge in [0.15, 0.2) is 11.3 Å². The molecular formula is C19H19ClN4O3. The van der Waals surface area contributed by atoms with Crippen LogP contribution >= 0.6 is 11.6 Å². The van der Waals surface area contributed by atoms with Gasteiger partial charge in [-0.05, 0) is 45.4 Å². The Morgan fingerprint density at radius 1 is 1.26 bits per heavy atom. The van der Waals surface area contributed by atoms with Crippen molar-refractivity contribution in [2.75, 3.05) is 11.9 Å². The fourth-order valence-corrected chi connectivity index (χ4v) is 3.01. The van der Waals surface area contributed by atoms with Crippen molar-refractivity contribution >= 4 is 34.8 Å². The molecule has 0 saturated heterocycles. The van der Waals surface area contributed by atoms with E-state index < -0.39 is 5.97 Å². The molecule has 8 heteroatoms. The Morgan fingerprint density at radius 3 is 2.70 bits per heavy atom. The van der Waals surface area contributed by atoms with E-state index in [1.807, 2.05) is 6.92 Å². The number of ether oxygens (including phenoxy) is 1. The first-order chi connectivity index (χ1) is 12.8. The summed E-state index contributed by atoms with van der Waals surface area (Å²) < 4.78 is 6.56. The van der Waals surface area contributed by atoms with Crippen LogP contribution in [0.5, 0.6) is 0 Å². The molecule has 0 fully saturated rings. The van der Waals surface area contributed by atoms with E-state index in [4.69, 9.17) is 16.3 Å². The molecular weight excluding hydrogens is 368 g/mol. The van der Waals surface area contributed by atoms with Crippen LogP contribution in [0.25, 0.3) is 5.65 Å². The van der Waals surface area contributed by atoms with Crippen molar-refractivity contribution in [3.8, 4) is 0 Å². The standard InChI is InChI=1S/C19H19ClN4O3/c1-5-27-19(26)17-11(3)21-16-9-15(23-24(16)12(17)4)18(25)22-14-8-6-7-13(20)10(14)2/h6-9H,5H2,1-4H3,(H,22,25). The van der Waals surface area contributed by atoms with Gasteiger partial charge >= 0.3 is 5.97 Å². The zero-order valence-electron chi connectivity index (χ0n) is 15.5. The van der Waals surface area contributed by atoms with Gasteiger partial charge in [-0.1, -0.05) is 17.7 Å². The van der Waals surface area contributed by atoms with Crippen molar-refractivity contribution in [3.05, 3.63) is 57.5 Å². The van der Waals surface area contributed by atoms with Crippen LogP contribution in [-0.4, -0.2) is 33.1 Å². The predicted octanol–water partition coefficient (Wildman–Crippen LogP) is 3.74. The van der Waals surface area contributed by atoms with E-state index in [-0.39, 0.29) is 18.2 Å². The molecule has 0 saturated carbocycles. The number of fused-ring (bicyclic) bond motifs is 1. The summed E-state index contributed by atoms with van der Waals surface area (Å²) in [6.45, 7) is 7.29. The molecule has 1 N–H and O–H groups in total. The number of carbonyl (C=O) groups is 2. The first-order valence-electron chi connectivity index (χ1n) is 8.44. The molecule has 3 rings (SSSR count). The second kappa shape index (κ2) is 7.36. The highest BCUT2D eigenvalue weighted by atomic mass is 35.5. The second-order valence-corrected chi connectivity index (χ2v) is 6.45. The van der Waals surface area contributed by atoms with E-state index in [0.29, 0.717) is 33.3 Å². The molecule has 2 heterocycles. The fraction of sp³-hybridized carbons (Fsp3) is 0.263. The maximum Gasteiger partial charge on any atom is 0.341 e. The Morgan fingerprint density at radius 2 is 2.00 bits per heavy atom. The molecule has 0 aliphatic rings. The van der Waals surface area contributed by atoms with Gasteiger partial charge in [-0.25, -0.2) is 14.3 Å². The first kappa shape index (κ1) is 18.8. The van der Waals surface area contributed by atoms with E-state index in [1.54, 1.807) is 45.0 Å². The largest absolute Gasteiger partial charge is 0.462 e. The van der Waals surface area contributed by atoms with Crippen molar-refractivity contribution in [2.45, 2.75) is 27.7 Å². The first-order valence-corrected chi connectivity index (χ1v) is 8.81. The summed E-state index contributed by atoms with van der Waals surface area (Å²) in [5, 5.41) is 7.67. The number of aromatic nitrogens is 3. The monoisotopic (exact) mass is 386 g/mol. The number of anilines is 1. The number of nitrogens with one attached hydrogen (secondary N) is 1. The van der Waals surface area contributed by atoms with Crippen LogP contribution in [0.4, 0.5) is 5.69 Å². The van der Waals surface area contributed by atoms with Crippen LogP contribution in [-0.2, 0) is 4.74 Å². The summed E-state index contributed by atoms with van der Waals surface area (Å²) in [6.07, 6.45) is 0. The minimum absolute atomic E-state index is 0.186. The Hall–Kier alpha value is -2.93. The topological polar surface area (TPSA) is 85.6 Å². The molecule has 0 atom stereocenters. The maximum absolute atomic E-state index is 12.6. The lowest BCUT2D eigenvalue weighted by Gasteiger charge is -2.09. The summed E-state index contributed by atoms with van der Waals surface area (Å²) >= 11 is 6.09. The van der Waals surface area contributed by atoms with Gasteiger partial charge in [-0.2, -0.15) is 5.10 Å². The SMILES string of the molecule is CCOC(=O)c1c(C)nc2cc(C(=O)Nc3cccc(Cl)c3C)nn2c1C. The molecule has 0 aliphatic carbocycles. The summed E-state index contributed by atoms with van der Waals surface area (Å²) in [5.41, 5.74) is 3.48. The number of carbonyl (C=O) groups excluding carboxylic acids is 2. The molecule has 0 aliphatic heterocycles. The predicted molar refractivity (Wildman–Crippen MR) is 103 cm³/mol. The molecule has 1 amide bonds. The molecule has 2 aromatic heterocycles. The van der Waals surface area contributed by atoms with Crippen molar-refractivity contribution in [2.24, 2.45) is 0 Å². The van der Waals surface area contributed by atoms with Crippen LogP contribution < -0.4 is 5.32 Å².